The Morgan fingerprint density at radius 3 is 1.73 bits per heavy atom. The predicted octanol–water partition coefficient (Wildman–Crippen LogP) is 5.45. The Labute approximate surface area is 196 Å². The third kappa shape index (κ3) is 4.80. The minimum Gasteiger partial charge on any atom is -0.384 e. The van der Waals surface area contributed by atoms with Crippen LogP contribution in [0, 0.1) is 0 Å². The van der Waals surface area contributed by atoms with Crippen LogP contribution < -0.4 is 0 Å². The minimum absolute atomic E-state index is 0.0296. The zero-order chi connectivity index (χ0) is 23.4. The second-order valence-electron chi connectivity index (χ2n) is 8.98. The number of ether oxygens (including phenoxy) is 3. The standard InChI is InChI=1S/C29H32O4/c1-4-20-28(30,26-21-31-27(2,3)33-26)22-32-29(23-14-8-5-9-15-23,24-16-10-6-11-17-24)25-18-12-7-13-19-25/h4-19,26,30H,1,20-22H2,2-3H3/t26-,28?/m0/s1. The molecule has 0 saturated carbocycles. The van der Waals surface area contributed by atoms with Crippen molar-refractivity contribution < 1.29 is 19.3 Å². The van der Waals surface area contributed by atoms with Gasteiger partial charge in [0.15, 0.2) is 5.79 Å². The lowest BCUT2D eigenvalue weighted by Crippen LogP contribution is -2.50. The fraction of sp³-hybridized carbons (Fsp3) is 0.310. The van der Waals surface area contributed by atoms with Gasteiger partial charge in [0.25, 0.3) is 0 Å². The van der Waals surface area contributed by atoms with Crippen molar-refractivity contribution in [1.29, 1.82) is 0 Å². The van der Waals surface area contributed by atoms with Gasteiger partial charge in [-0.1, -0.05) is 97.1 Å². The summed E-state index contributed by atoms with van der Waals surface area (Å²) in [7, 11) is 0. The predicted molar refractivity (Wildman–Crippen MR) is 130 cm³/mol. The summed E-state index contributed by atoms with van der Waals surface area (Å²) in [4.78, 5) is 0. The molecule has 1 N–H and O–H groups in total. The van der Waals surface area contributed by atoms with E-state index < -0.39 is 23.1 Å². The number of benzene rings is 3. The molecule has 4 nitrogen and oxygen atoms in total. The Morgan fingerprint density at radius 2 is 1.36 bits per heavy atom. The van der Waals surface area contributed by atoms with Crippen molar-refractivity contribution in [3.8, 4) is 0 Å². The van der Waals surface area contributed by atoms with Crippen LogP contribution in [0.1, 0.15) is 37.0 Å². The van der Waals surface area contributed by atoms with E-state index in [1.54, 1.807) is 6.08 Å². The molecular formula is C29H32O4. The maximum atomic E-state index is 11.7. The Bertz CT molecular complexity index is 936. The van der Waals surface area contributed by atoms with E-state index >= 15 is 0 Å². The molecule has 2 atom stereocenters. The first kappa shape index (κ1) is 23.4. The largest absolute Gasteiger partial charge is 0.384 e. The molecule has 0 aromatic heterocycles. The van der Waals surface area contributed by atoms with Gasteiger partial charge in [-0.2, -0.15) is 0 Å². The minimum atomic E-state index is -1.31. The van der Waals surface area contributed by atoms with E-state index in [9.17, 15) is 5.11 Å². The van der Waals surface area contributed by atoms with E-state index in [-0.39, 0.29) is 13.2 Å². The lowest BCUT2D eigenvalue weighted by molar-refractivity contribution is -0.189. The topological polar surface area (TPSA) is 47.9 Å². The van der Waals surface area contributed by atoms with Gasteiger partial charge in [-0.15, -0.1) is 6.58 Å². The molecule has 1 aliphatic rings. The normalized spacial score (nSPS) is 19.7. The van der Waals surface area contributed by atoms with E-state index in [0.29, 0.717) is 6.42 Å². The maximum absolute atomic E-state index is 11.7. The molecule has 4 rings (SSSR count). The van der Waals surface area contributed by atoms with Crippen LogP contribution >= 0.6 is 0 Å². The highest BCUT2D eigenvalue weighted by Crippen LogP contribution is 2.42. The first-order valence-corrected chi connectivity index (χ1v) is 11.4. The highest BCUT2D eigenvalue weighted by Gasteiger charge is 2.48. The Hall–Kier alpha value is -2.76. The van der Waals surface area contributed by atoms with E-state index in [2.05, 4.69) is 43.0 Å². The van der Waals surface area contributed by atoms with Gasteiger partial charge in [0.1, 0.15) is 17.3 Å². The monoisotopic (exact) mass is 444 g/mol. The molecule has 1 fully saturated rings. The second-order valence-corrected chi connectivity index (χ2v) is 8.98. The third-order valence-corrected chi connectivity index (χ3v) is 6.19. The van der Waals surface area contributed by atoms with Crippen molar-refractivity contribution in [1.82, 2.24) is 0 Å². The second kappa shape index (κ2) is 9.62. The van der Waals surface area contributed by atoms with Gasteiger partial charge >= 0.3 is 0 Å². The van der Waals surface area contributed by atoms with E-state index in [1.807, 2.05) is 68.4 Å². The van der Waals surface area contributed by atoms with Crippen LogP contribution in [0.15, 0.2) is 104 Å². The molecule has 0 radical (unpaired) electrons. The SMILES string of the molecule is C=CCC(O)(COC(c1ccccc1)(c1ccccc1)c1ccccc1)[C@@H]1COC(C)(C)O1. The van der Waals surface area contributed by atoms with Crippen LogP contribution in [0.4, 0.5) is 0 Å². The molecule has 4 heteroatoms. The molecule has 0 bridgehead atoms. The smallest absolute Gasteiger partial charge is 0.163 e. The number of aliphatic hydroxyl groups is 1. The maximum Gasteiger partial charge on any atom is 0.163 e. The van der Waals surface area contributed by atoms with Crippen LogP contribution in [-0.2, 0) is 19.8 Å². The average Bonchev–Trinajstić information content (AvgIpc) is 3.22. The first-order chi connectivity index (χ1) is 15.9. The molecule has 33 heavy (non-hydrogen) atoms. The van der Waals surface area contributed by atoms with Crippen molar-refractivity contribution in [3.63, 3.8) is 0 Å². The van der Waals surface area contributed by atoms with Gasteiger partial charge in [0.05, 0.1) is 13.2 Å². The summed E-state index contributed by atoms with van der Waals surface area (Å²) >= 11 is 0. The van der Waals surface area contributed by atoms with Gasteiger partial charge in [-0.3, -0.25) is 0 Å². The van der Waals surface area contributed by atoms with E-state index in [4.69, 9.17) is 14.2 Å². The van der Waals surface area contributed by atoms with E-state index in [0.717, 1.165) is 16.7 Å². The summed E-state index contributed by atoms with van der Waals surface area (Å²) in [5, 5.41) is 11.7. The Kier molecular flexibility index (Phi) is 6.82. The fourth-order valence-electron chi connectivity index (χ4n) is 4.49. The lowest BCUT2D eigenvalue weighted by atomic mass is 9.79. The zero-order valence-electron chi connectivity index (χ0n) is 19.3. The van der Waals surface area contributed by atoms with Crippen LogP contribution in [-0.4, -0.2) is 35.8 Å². The molecule has 0 aliphatic carbocycles. The summed E-state index contributed by atoms with van der Waals surface area (Å²) in [6.07, 6.45) is 1.48. The number of rotatable bonds is 9. The van der Waals surface area contributed by atoms with Gasteiger partial charge in [0, 0.05) is 0 Å². The molecule has 3 aromatic carbocycles. The average molecular weight is 445 g/mol. The molecule has 3 aromatic rings. The highest BCUT2D eigenvalue weighted by molar-refractivity contribution is 5.47. The Balaban J connectivity index is 1.81. The quantitative estimate of drug-likeness (QED) is 0.352. The van der Waals surface area contributed by atoms with Crippen molar-refractivity contribution >= 4 is 0 Å². The Morgan fingerprint density at radius 1 is 0.909 bits per heavy atom. The van der Waals surface area contributed by atoms with Crippen LogP contribution in [0.3, 0.4) is 0 Å². The molecule has 1 aliphatic heterocycles. The number of hydrogen-bond donors (Lipinski definition) is 1. The summed E-state index contributed by atoms with van der Waals surface area (Å²) in [6, 6.07) is 30.4. The van der Waals surface area contributed by atoms with Crippen LogP contribution in [0.2, 0.25) is 0 Å². The summed E-state index contributed by atoms with van der Waals surface area (Å²) in [5.41, 5.74) is 0.708. The molecule has 172 valence electrons. The van der Waals surface area contributed by atoms with Crippen LogP contribution in [0.5, 0.6) is 0 Å². The molecule has 1 saturated heterocycles. The summed E-state index contributed by atoms with van der Waals surface area (Å²) < 4.78 is 18.7. The third-order valence-electron chi connectivity index (χ3n) is 6.19. The van der Waals surface area contributed by atoms with Gasteiger partial charge in [-0.25, -0.2) is 0 Å². The molecule has 1 unspecified atom stereocenters. The number of hydrogen-bond acceptors (Lipinski definition) is 4. The fourth-order valence-corrected chi connectivity index (χ4v) is 4.49. The molecule has 1 heterocycles. The summed E-state index contributed by atoms with van der Waals surface area (Å²) in [6.45, 7) is 7.88. The van der Waals surface area contributed by atoms with Gasteiger partial charge in [-0.05, 0) is 37.0 Å². The molecule has 0 spiro atoms. The highest BCUT2D eigenvalue weighted by atomic mass is 16.7. The van der Waals surface area contributed by atoms with Gasteiger partial charge < -0.3 is 19.3 Å². The van der Waals surface area contributed by atoms with Crippen molar-refractivity contribution in [2.45, 2.75) is 43.4 Å². The van der Waals surface area contributed by atoms with E-state index in [1.165, 1.54) is 0 Å². The lowest BCUT2D eigenvalue weighted by Gasteiger charge is -2.40. The first-order valence-electron chi connectivity index (χ1n) is 11.4. The zero-order valence-corrected chi connectivity index (χ0v) is 19.3. The van der Waals surface area contributed by atoms with Gasteiger partial charge in [0.2, 0.25) is 0 Å². The van der Waals surface area contributed by atoms with Crippen molar-refractivity contribution in [2.75, 3.05) is 13.2 Å². The van der Waals surface area contributed by atoms with Crippen molar-refractivity contribution in [3.05, 3.63) is 120 Å². The van der Waals surface area contributed by atoms with Crippen molar-refractivity contribution in [2.24, 2.45) is 0 Å². The molecular weight excluding hydrogens is 412 g/mol. The van der Waals surface area contributed by atoms with Crippen LogP contribution in [0.25, 0.3) is 0 Å². The summed E-state index contributed by atoms with van der Waals surface area (Å²) in [5.74, 6) is -0.755. The molecule has 0 amide bonds.